The molecular weight excluding hydrogens is 462 g/mol. The Hall–Kier alpha value is -4.10. The number of hydrogen-bond donors (Lipinski definition) is 0. The maximum Gasteiger partial charge on any atom is 0.257 e. The van der Waals surface area contributed by atoms with Crippen LogP contribution in [-0.4, -0.2) is 51.6 Å². The smallest absolute Gasteiger partial charge is 0.257 e. The molecule has 6 rings (SSSR count). The van der Waals surface area contributed by atoms with E-state index in [4.69, 9.17) is 26.1 Å². The standard InChI is InChI=1S/C27H22ClN5O2/c28-22-8-4-7-20(15-22)24-16-25-29-23(19-5-2-1-3-6-19)17-26(33(25)30-24)31-10-12-32(13-11-31)27(34)21-9-14-35-18-21/h1-9,14-18H,10-13H2. The summed E-state index contributed by atoms with van der Waals surface area (Å²) < 4.78 is 6.97. The highest BCUT2D eigenvalue weighted by atomic mass is 35.5. The lowest BCUT2D eigenvalue weighted by Crippen LogP contribution is -2.49. The number of carbonyl (C=O) groups excluding carboxylic acids is 1. The van der Waals surface area contributed by atoms with Crippen LogP contribution in [0.2, 0.25) is 5.02 Å². The van der Waals surface area contributed by atoms with Crippen LogP contribution in [0.3, 0.4) is 0 Å². The van der Waals surface area contributed by atoms with E-state index in [2.05, 4.69) is 23.1 Å². The Labute approximate surface area is 207 Å². The second-order valence-corrected chi connectivity index (χ2v) is 8.90. The van der Waals surface area contributed by atoms with Gasteiger partial charge in [0.15, 0.2) is 5.65 Å². The molecule has 0 bridgehead atoms. The quantitative estimate of drug-likeness (QED) is 0.348. The van der Waals surface area contributed by atoms with Gasteiger partial charge in [0.25, 0.3) is 5.91 Å². The minimum atomic E-state index is -0.00872. The fourth-order valence-corrected chi connectivity index (χ4v) is 4.63. The third-order valence-corrected chi connectivity index (χ3v) is 6.49. The second kappa shape index (κ2) is 8.92. The second-order valence-electron chi connectivity index (χ2n) is 8.47. The van der Waals surface area contributed by atoms with Crippen LogP contribution in [-0.2, 0) is 0 Å². The lowest BCUT2D eigenvalue weighted by Gasteiger charge is -2.36. The number of hydrogen-bond acceptors (Lipinski definition) is 5. The Bertz CT molecular complexity index is 1490. The van der Waals surface area contributed by atoms with Gasteiger partial charge in [-0.2, -0.15) is 9.61 Å². The molecule has 0 spiro atoms. The van der Waals surface area contributed by atoms with Gasteiger partial charge in [-0.1, -0.05) is 54.1 Å². The summed E-state index contributed by atoms with van der Waals surface area (Å²) >= 11 is 6.23. The fraction of sp³-hybridized carbons (Fsp3) is 0.148. The molecule has 3 aromatic heterocycles. The van der Waals surface area contributed by atoms with Crippen LogP contribution >= 0.6 is 11.6 Å². The van der Waals surface area contributed by atoms with E-state index in [9.17, 15) is 4.79 Å². The predicted molar refractivity (Wildman–Crippen MR) is 136 cm³/mol. The molecule has 0 radical (unpaired) electrons. The van der Waals surface area contributed by atoms with Gasteiger partial charge >= 0.3 is 0 Å². The van der Waals surface area contributed by atoms with E-state index in [1.807, 2.05) is 57.9 Å². The van der Waals surface area contributed by atoms with E-state index in [0.29, 0.717) is 36.8 Å². The van der Waals surface area contributed by atoms with Crippen molar-refractivity contribution in [3.8, 4) is 22.5 Å². The molecule has 0 saturated carbocycles. The van der Waals surface area contributed by atoms with Crippen LogP contribution < -0.4 is 4.90 Å². The number of piperazine rings is 1. The first kappa shape index (κ1) is 21.4. The zero-order valence-electron chi connectivity index (χ0n) is 18.8. The molecule has 0 N–H and O–H groups in total. The number of anilines is 1. The predicted octanol–water partition coefficient (Wildman–Crippen LogP) is 5.27. The number of benzene rings is 2. The Kier molecular flexibility index (Phi) is 5.47. The molecule has 5 aromatic rings. The molecular formula is C27H22ClN5O2. The largest absolute Gasteiger partial charge is 0.472 e. The Morgan fingerprint density at radius 3 is 2.40 bits per heavy atom. The molecule has 1 saturated heterocycles. The monoisotopic (exact) mass is 483 g/mol. The lowest BCUT2D eigenvalue weighted by atomic mass is 10.1. The third-order valence-electron chi connectivity index (χ3n) is 6.26. The van der Waals surface area contributed by atoms with Gasteiger partial charge in [-0.25, -0.2) is 4.98 Å². The van der Waals surface area contributed by atoms with Gasteiger partial charge in [-0.15, -0.1) is 0 Å². The normalized spacial score (nSPS) is 14.0. The third kappa shape index (κ3) is 4.15. The van der Waals surface area contributed by atoms with E-state index >= 15 is 0 Å². The fourth-order valence-electron chi connectivity index (χ4n) is 4.44. The summed E-state index contributed by atoms with van der Waals surface area (Å²) in [5.74, 6) is 0.933. The highest BCUT2D eigenvalue weighted by molar-refractivity contribution is 6.30. The maximum absolute atomic E-state index is 12.8. The van der Waals surface area contributed by atoms with Crippen molar-refractivity contribution in [1.82, 2.24) is 19.5 Å². The molecule has 0 atom stereocenters. The average Bonchev–Trinajstić information content (AvgIpc) is 3.59. The van der Waals surface area contributed by atoms with Crippen LogP contribution in [0, 0.1) is 0 Å². The molecule has 8 heteroatoms. The van der Waals surface area contributed by atoms with Crippen LogP contribution in [0.1, 0.15) is 10.4 Å². The summed E-state index contributed by atoms with van der Waals surface area (Å²) in [6.07, 6.45) is 3.02. The number of rotatable bonds is 4. The van der Waals surface area contributed by atoms with Gasteiger partial charge in [-0.05, 0) is 18.2 Å². The van der Waals surface area contributed by atoms with Crippen molar-refractivity contribution >= 4 is 29.0 Å². The number of nitrogens with zero attached hydrogens (tertiary/aromatic N) is 5. The first-order valence-corrected chi connectivity index (χ1v) is 11.8. The van der Waals surface area contributed by atoms with Crippen molar-refractivity contribution < 1.29 is 9.21 Å². The molecule has 0 aliphatic carbocycles. The van der Waals surface area contributed by atoms with Crippen molar-refractivity contribution in [1.29, 1.82) is 0 Å². The van der Waals surface area contributed by atoms with Gasteiger partial charge in [-0.3, -0.25) is 4.79 Å². The lowest BCUT2D eigenvalue weighted by molar-refractivity contribution is 0.0745. The number of amides is 1. The first-order valence-electron chi connectivity index (χ1n) is 11.4. The maximum atomic E-state index is 12.8. The Balaban J connectivity index is 1.37. The van der Waals surface area contributed by atoms with Crippen molar-refractivity contribution in [3.05, 3.63) is 95.9 Å². The van der Waals surface area contributed by atoms with Gasteiger partial charge in [0.2, 0.25) is 0 Å². The van der Waals surface area contributed by atoms with Crippen molar-refractivity contribution in [2.45, 2.75) is 0 Å². The van der Waals surface area contributed by atoms with Crippen molar-refractivity contribution in [3.63, 3.8) is 0 Å². The zero-order valence-corrected chi connectivity index (χ0v) is 19.6. The topological polar surface area (TPSA) is 66.9 Å². The molecule has 7 nitrogen and oxygen atoms in total. The SMILES string of the molecule is O=C(c1ccoc1)N1CCN(c2cc(-c3ccccc3)nc3cc(-c4cccc(Cl)c4)nn23)CC1. The van der Waals surface area contributed by atoms with Gasteiger partial charge in [0.1, 0.15) is 12.1 Å². The Morgan fingerprint density at radius 1 is 0.857 bits per heavy atom. The molecule has 1 aliphatic heterocycles. The van der Waals surface area contributed by atoms with Crippen LogP contribution in [0.25, 0.3) is 28.2 Å². The van der Waals surface area contributed by atoms with Crippen LogP contribution in [0.4, 0.5) is 5.82 Å². The summed E-state index contributed by atoms with van der Waals surface area (Å²) in [5, 5.41) is 5.55. The van der Waals surface area contributed by atoms with Gasteiger partial charge in [0, 0.05) is 54.5 Å². The molecule has 2 aromatic carbocycles. The van der Waals surface area contributed by atoms with E-state index in [1.165, 1.54) is 12.5 Å². The summed E-state index contributed by atoms with van der Waals surface area (Å²) in [7, 11) is 0. The Morgan fingerprint density at radius 2 is 1.66 bits per heavy atom. The van der Waals surface area contributed by atoms with E-state index in [-0.39, 0.29) is 5.91 Å². The molecule has 174 valence electrons. The molecule has 1 fully saturated rings. The highest BCUT2D eigenvalue weighted by Gasteiger charge is 2.25. The van der Waals surface area contributed by atoms with E-state index < -0.39 is 0 Å². The number of halogens is 1. The minimum Gasteiger partial charge on any atom is -0.472 e. The summed E-state index contributed by atoms with van der Waals surface area (Å²) in [6.45, 7) is 2.58. The van der Waals surface area contributed by atoms with Gasteiger partial charge in [0.05, 0.1) is 23.2 Å². The van der Waals surface area contributed by atoms with E-state index in [0.717, 1.165) is 34.0 Å². The van der Waals surface area contributed by atoms with Crippen molar-refractivity contribution in [2.24, 2.45) is 0 Å². The number of furan rings is 1. The number of fused-ring (bicyclic) bond motifs is 1. The summed E-state index contributed by atoms with van der Waals surface area (Å²) in [5.41, 5.74) is 4.99. The summed E-state index contributed by atoms with van der Waals surface area (Å²) in [4.78, 5) is 21.8. The molecule has 4 heterocycles. The first-order chi connectivity index (χ1) is 17.2. The average molecular weight is 484 g/mol. The van der Waals surface area contributed by atoms with Crippen LogP contribution in [0.5, 0.6) is 0 Å². The van der Waals surface area contributed by atoms with Crippen LogP contribution in [0.15, 0.2) is 89.7 Å². The number of aromatic nitrogens is 3. The molecule has 1 amide bonds. The summed E-state index contributed by atoms with van der Waals surface area (Å²) in [6, 6.07) is 23.5. The van der Waals surface area contributed by atoms with Crippen molar-refractivity contribution in [2.75, 3.05) is 31.1 Å². The zero-order chi connectivity index (χ0) is 23.8. The molecule has 1 aliphatic rings. The van der Waals surface area contributed by atoms with E-state index in [1.54, 1.807) is 6.07 Å². The van der Waals surface area contributed by atoms with Gasteiger partial charge < -0.3 is 14.2 Å². The molecule has 0 unspecified atom stereocenters. The number of carbonyl (C=O) groups is 1. The minimum absolute atomic E-state index is 0.00872. The molecule has 35 heavy (non-hydrogen) atoms. The highest BCUT2D eigenvalue weighted by Crippen LogP contribution is 2.29.